The Kier molecular flexibility index (Phi) is 6.13. The molecule has 1 aliphatic carbocycles. The Hall–Kier alpha value is -0.690. The number of carbonyl (C=O) groups excluding carboxylic acids is 1. The van der Waals surface area contributed by atoms with Crippen molar-refractivity contribution in [3.05, 3.63) is 0 Å². The van der Waals surface area contributed by atoms with Gasteiger partial charge in [0.1, 0.15) is 0 Å². The number of carbonyl (C=O) groups is 1. The molecule has 0 aromatic carbocycles. The first-order valence-corrected chi connectivity index (χ1v) is 9.48. The summed E-state index contributed by atoms with van der Waals surface area (Å²) in [5.74, 6) is 0.162. The second kappa shape index (κ2) is 8.13. The summed E-state index contributed by atoms with van der Waals surface area (Å²) in [5, 5.41) is 3.29. The van der Waals surface area contributed by atoms with E-state index in [0.717, 1.165) is 45.8 Å². The summed E-state index contributed by atoms with van der Waals surface area (Å²) in [4.78, 5) is 17.4. The molecule has 2 saturated heterocycles. The molecular formula is C18H33N3O3. The third kappa shape index (κ3) is 3.93. The number of likely N-dealkylation sites (tertiary alicyclic amines) is 1. The van der Waals surface area contributed by atoms with Crippen LogP contribution in [0.2, 0.25) is 0 Å². The zero-order valence-corrected chi connectivity index (χ0v) is 15.3. The van der Waals surface area contributed by atoms with E-state index in [-0.39, 0.29) is 23.6 Å². The van der Waals surface area contributed by atoms with E-state index in [1.807, 2.05) is 7.05 Å². The fraction of sp³-hybridized carbons (Fsp3) is 0.944. The van der Waals surface area contributed by atoms with Crippen LogP contribution in [0.4, 0.5) is 0 Å². The summed E-state index contributed by atoms with van der Waals surface area (Å²) in [7, 11) is 3.75. The zero-order valence-electron chi connectivity index (χ0n) is 15.3. The molecule has 0 aromatic rings. The number of hydrogen-bond acceptors (Lipinski definition) is 5. The van der Waals surface area contributed by atoms with Gasteiger partial charge in [-0.1, -0.05) is 19.3 Å². The second-order valence-electron chi connectivity index (χ2n) is 7.65. The number of ether oxygens (including phenoxy) is 2. The minimum Gasteiger partial charge on any atom is -0.380 e. The third-order valence-electron chi connectivity index (χ3n) is 6.20. The highest BCUT2D eigenvalue weighted by Crippen LogP contribution is 2.34. The summed E-state index contributed by atoms with van der Waals surface area (Å²) in [6, 6.07) is -0.0553. The number of rotatable bonds is 5. The van der Waals surface area contributed by atoms with Crippen molar-refractivity contribution in [2.75, 3.05) is 53.6 Å². The van der Waals surface area contributed by atoms with Crippen molar-refractivity contribution in [3.63, 3.8) is 0 Å². The van der Waals surface area contributed by atoms with Crippen LogP contribution in [-0.4, -0.2) is 86.9 Å². The molecule has 3 aliphatic rings. The Bertz CT molecular complexity index is 420. The molecule has 6 nitrogen and oxygen atoms in total. The molecule has 2 aliphatic heterocycles. The Morgan fingerprint density at radius 1 is 1.25 bits per heavy atom. The maximum atomic E-state index is 12.7. The molecule has 0 radical (unpaired) electrons. The number of nitrogens with zero attached hydrogens (tertiary/aromatic N) is 2. The van der Waals surface area contributed by atoms with Gasteiger partial charge in [0.2, 0.25) is 5.91 Å². The van der Waals surface area contributed by atoms with E-state index in [2.05, 4.69) is 15.1 Å². The molecule has 24 heavy (non-hydrogen) atoms. The average molecular weight is 339 g/mol. The third-order valence-corrected chi connectivity index (χ3v) is 6.20. The van der Waals surface area contributed by atoms with Crippen molar-refractivity contribution >= 4 is 5.91 Å². The van der Waals surface area contributed by atoms with Crippen LogP contribution in [-0.2, 0) is 14.3 Å². The van der Waals surface area contributed by atoms with Gasteiger partial charge in [-0.05, 0) is 26.3 Å². The number of likely N-dealkylation sites (N-methyl/N-ethyl adjacent to an activating group) is 1. The van der Waals surface area contributed by atoms with E-state index >= 15 is 0 Å². The van der Waals surface area contributed by atoms with Gasteiger partial charge in [-0.25, -0.2) is 0 Å². The lowest BCUT2D eigenvalue weighted by atomic mass is 9.79. The highest BCUT2D eigenvalue weighted by Gasteiger charge is 2.40. The van der Waals surface area contributed by atoms with Gasteiger partial charge in [0.05, 0.1) is 25.4 Å². The van der Waals surface area contributed by atoms with Crippen LogP contribution in [0, 0.1) is 0 Å². The van der Waals surface area contributed by atoms with Crippen LogP contribution in [0.15, 0.2) is 0 Å². The number of morpholine rings is 1. The molecule has 0 aromatic heterocycles. The standard InChI is InChI=1S/C18H33N3O3/c1-20-13-15(23-2)12-16(20)17(22)19-14-18(6-4-3-5-7-18)21-8-10-24-11-9-21/h15-16H,3-14H2,1-2H3,(H,19,22)/t15-,16-/m0/s1. The average Bonchev–Trinajstić information content (AvgIpc) is 3.02. The summed E-state index contributed by atoms with van der Waals surface area (Å²) in [6.07, 6.45) is 7.20. The SMILES string of the molecule is CO[C@H]1C[C@@H](C(=O)NCC2(N3CCOCC3)CCCCC2)N(C)C1. The smallest absolute Gasteiger partial charge is 0.237 e. The first kappa shape index (κ1) is 18.1. The molecule has 1 N–H and O–H groups in total. The Morgan fingerprint density at radius 3 is 2.58 bits per heavy atom. The molecule has 0 spiro atoms. The maximum Gasteiger partial charge on any atom is 0.237 e. The molecule has 2 atom stereocenters. The number of methoxy groups -OCH3 is 1. The fourth-order valence-corrected chi connectivity index (χ4v) is 4.65. The van der Waals surface area contributed by atoms with Gasteiger partial charge in [-0.2, -0.15) is 0 Å². The highest BCUT2D eigenvalue weighted by atomic mass is 16.5. The normalized spacial score (nSPS) is 31.9. The van der Waals surface area contributed by atoms with Crippen molar-refractivity contribution in [2.24, 2.45) is 0 Å². The molecule has 1 saturated carbocycles. The van der Waals surface area contributed by atoms with Crippen LogP contribution < -0.4 is 5.32 Å². The lowest BCUT2D eigenvalue weighted by Crippen LogP contribution is -2.60. The minimum atomic E-state index is -0.0553. The predicted octanol–water partition coefficient (Wildman–Crippen LogP) is 0.857. The number of amides is 1. The van der Waals surface area contributed by atoms with Gasteiger partial charge < -0.3 is 14.8 Å². The van der Waals surface area contributed by atoms with Gasteiger partial charge in [0.15, 0.2) is 0 Å². The zero-order chi connectivity index (χ0) is 17.0. The summed E-state index contributed by atoms with van der Waals surface area (Å²) in [5.41, 5.74) is 0.134. The molecule has 3 rings (SSSR count). The highest BCUT2D eigenvalue weighted by molar-refractivity contribution is 5.82. The maximum absolute atomic E-state index is 12.7. The fourth-order valence-electron chi connectivity index (χ4n) is 4.65. The predicted molar refractivity (Wildman–Crippen MR) is 93.0 cm³/mol. The molecular weight excluding hydrogens is 306 g/mol. The van der Waals surface area contributed by atoms with E-state index in [9.17, 15) is 4.79 Å². The van der Waals surface area contributed by atoms with Gasteiger partial charge >= 0.3 is 0 Å². The van der Waals surface area contributed by atoms with Crippen molar-refractivity contribution in [1.82, 2.24) is 15.1 Å². The quantitative estimate of drug-likeness (QED) is 0.805. The molecule has 0 unspecified atom stereocenters. The van der Waals surface area contributed by atoms with Gasteiger partial charge in [-0.3, -0.25) is 14.6 Å². The van der Waals surface area contributed by atoms with Crippen LogP contribution >= 0.6 is 0 Å². The molecule has 1 amide bonds. The van der Waals surface area contributed by atoms with Crippen molar-refractivity contribution in [3.8, 4) is 0 Å². The summed E-state index contributed by atoms with van der Waals surface area (Å²) >= 11 is 0. The largest absolute Gasteiger partial charge is 0.380 e. The van der Waals surface area contributed by atoms with Gasteiger partial charge in [-0.15, -0.1) is 0 Å². The lowest BCUT2D eigenvalue weighted by molar-refractivity contribution is -0.126. The lowest BCUT2D eigenvalue weighted by Gasteiger charge is -2.48. The summed E-state index contributed by atoms with van der Waals surface area (Å²) in [6.45, 7) is 5.22. The topological polar surface area (TPSA) is 54.0 Å². The van der Waals surface area contributed by atoms with E-state index < -0.39 is 0 Å². The van der Waals surface area contributed by atoms with Crippen LogP contribution in [0.25, 0.3) is 0 Å². The number of hydrogen-bond donors (Lipinski definition) is 1. The first-order valence-electron chi connectivity index (χ1n) is 9.48. The van der Waals surface area contributed by atoms with E-state index in [1.165, 1.54) is 32.1 Å². The molecule has 2 heterocycles. The summed E-state index contributed by atoms with van der Waals surface area (Å²) < 4.78 is 11.0. The van der Waals surface area contributed by atoms with E-state index in [0.29, 0.717) is 0 Å². The first-order chi connectivity index (χ1) is 11.6. The Morgan fingerprint density at radius 2 is 1.96 bits per heavy atom. The second-order valence-corrected chi connectivity index (χ2v) is 7.65. The monoisotopic (exact) mass is 339 g/mol. The van der Waals surface area contributed by atoms with Crippen molar-refractivity contribution in [2.45, 2.75) is 56.2 Å². The van der Waals surface area contributed by atoms with Gasteiger partial charge in [0, 0.05) is 38.8 Å². The van der Waals surface area contributed by atoms with Crippen molar-refractivity contribution < 1.29 is 14.3 Å². The van der Waals surface area contributed by atoms with E-state index in [1.54, 1.807) is 7.11 Å². The molecule has 3 fully saturated rings. The Balaban J connectivity index is 1.60. The van der Waals surface area contributed by atoms with Gasteiger partial charge in [0.25, 0.3) is 0 Å². The number of nitrogens with one attached hydrogen (secondary N) is 1. The molecule has 6 heteroatoms. The molecule has 0 bridgehead atoms. The van der Waals surface area contributed by atoms with Crippen LogP contribution in [0.1, 0.15) is 38.5 Å². The van der Waals surface area contributed by atoms with Crippen molar-refractivity contribution in [1.29, 1.82) is 0 Å². The Labute approximate surface area is 145 Å². The molecule has 138 valence electrons. The van der Waals surface area contributed by atoms with Crippen LogP contribution in [0.5, 0.6) is 0 Å². The minimum absolute atomic E-state index is 0.0553. The van der Waals surface area contributed by atoms with Crippen LogP contribution in [0.3, 0.4) is 0 Å². The van der Waals surface area contributed by atoms with E-state index in [4.69, 9.17) is 9.47 Å².